The van der Waals surface area contributed by atoms with Crippen LogP contribution in [0.1, 0.15) is 79.8 Å². The van der Waals surface area contributed by atoms with Crippen LogP contribution in [0.4, 0.5) is 0 Å². The van der Waals surface area contributed by atoms with E-state index in [1.807, 2.05) is 13.8 Å². The molecule has 3 aromatic rings. The fourth-order valence-electron chi connectivity index (χ4n) is 5.80. The second kappa shape index (κ2) is 13.7. The van der Waals surface area contributed by atoms with E-state index in [0.717, 1.165) is 45.5 Å². The highest BCUT2D eigenvalue weighted by molar-refractivity contribution is 5.88. The van der Waals surface area contributed by atoms with Crippen LogP contribution in [0.15, 0.2) is 54.7 Å². The minimum absolute atomic E-state index is 0.553. The third kappa shape index (κ3) is 6.62. The number of nitrogens with zero attached hydrogens (tertiary/aromatic N) is 2. The van der Waals surface area contributed by atoms with Crippen molar-refractivity contribution in [3.63, 3.8) is 0 Å². The van der Waals surface area contributed by atoms with Crippen LogP contribution in [0.25, 0.3) is 10.9 Å². The number of hydrogen-bond acceptors (Lipinski definition) is 2. The fourth-order valence-corrected chi connectivity index (χ4v) is 5.80. The molecular weight excluding hydrogens is 440 g/mol. The molecule has 2 aromatic carbocycles. The molecule has 0 N–H and O–H groups in total. The Hall–Kier alpha value is -2.52. The molecule has 1 unspecified atom stereocenters. The Balaban J connectivity index is 0.00000176. The Bertz CT molecular complexity index is 1110. The smallest absolute Gasteiger partial charge is 0.0515 e. The Morgan fingerprint density at radius 3 is 2.50 bits per heavy atom. The molecule has 4 rings (SSSR count). The Morgan fingerprint density at radius 2 is 1.78 bits per heavy atom. The molecule has 0 aliphatic carbocycles. The molecule has 0 bridgehead atoms. The molecule has 1 aromatic heterocycles. The van der Waals surface area contributed by atoms with Gasteiger partial charge in [0.05, 0.1) is 5.52 Å². The van der Waals surface area contributed by atoms with Crippen LogP contribution in [-0.4, -0.2) is 36.3 Å². The van der Waals surface area contributed by atoms with Crippen molar-refractivity contribution in [1.29, 1.82) is 0 Å². The Labute approximate surface area is 220 Å². The van der Waals surface area contributed by atoms with Gasteiger partial charge < -0.3 is 14.2 Å². The molecule has 0 radical (unpaired) electrons. The van der Waals surface area contributed by atoms with Gasteiger partial charge in [0.25, 0.3) is 0 Å². The van der Waals surface area contributed by atoms with E-state index in [4.69, 9.17) is 4.74 Å². The molecular formula is C33H48N2O. The van der Waals surface area contributed by atoms with E-state index in [-0.39, 0.29) is 0 Å². The van der Waals surface area contributed by atoms with Crippen molar-refractivity contribution in [1.82, 2.24) is 9.47 Å². The van der Waals surface area contributed by atoms with Gasteiger partial charge in [-0.05, 0) is 76.0 Å². The maximum atomic E-state index is 5.39. The van der Waals surface area contributed by atoms with Gasteiger partial charge in [0.15, 0.2) is 0 Å². The van der Waals surface area contributed by atoms with Gasteiger partial charge >= 0.3 is 0 Å². The summed E-state index contributed by atoms with van der Waals surface area (Å²) in [5.41, 5.74) is 9.87. The van der Waals surface area contributed by atoms with Gasteiger partial charge in [0.1, 0.15) is 0 Å². The molecule has 0 amide bonds. The van der Waals surface area contributed by atoms with Crippen LogP contribution in [0, 0.1) is 20.8 Å². The predicted molar refractivity (Wildman–Crippen MR) is 156 cm³/mol. The lowest BCUT2D eigenvalue weighted by Gasteiger charge is -2.36. The standard InChI is InChI=1S/C31H42N2O.C2H6/c1-23-15-17-27(18-16-23)12-7-11-25(3)32-19-8-13-28(22-32)31-26(4)29-14-6-10-24(2)30(29)33(31)20-9-21-34-5;1-2/h6,10,14-18,28H,3,7-9,11-13,19-22H2,1-2,4-5H3;1-2H3. The van der Waals surface area contributed by atoms with Gasteiger partial charge in [0.2, 0.25) is 0 Å². The van der Waals surface area contributed by atoms with Crippen molar-refractivity contribution in [2.45, 2.75) is 85.6 Å². The number of aromatic nitrogens is 1. The van der Waals surface area contributed by atoms with Crippen molar-refractivity contribution < 1.29 is 4.74 Å². The zero-order valence-corrected chi connectivity index (χ0v) is 23.7. The number of rotatable bonds is 10. The number of hydrogen-bond donors (Lipinski definition) is 0. The molecule has 36 heavy (non-hydrogen) atoms. The van der Waals surface area contributed by atoms with Crippen LogP contribution in [0.3, 0.4) is 0 Å². The first-order chi connectivity index (χ1) is 17.5. The van der Waals surface area contributed by atoms with Gasteiger partial charge in [0, 0.05) is 56.0 Å². The summed E-state index contributed by atoms with van der Waals surface area (Å²) in [5, 5.41) is 1.42. The average molecular weight is 489 g/mol. The van der Waals surface area contributed by atoms with Gasteiger partial charge in [-0.3, -0.25) is 0 Å². The summed E-state index contributed by atoms with van der Waals surface area (Å²) in [6.07, 6.45) is 6.91. The minimum atomic E-state index is 0.553. The largest absolute Gasteiger partial charge is 0.385 e. The van der Waals surface area contributed by atoms with E-state index in [2.05, 4.69) is 79.3 Å². The molecule has 1 aliphatic rings. The van der Waals surface area contributed by atoms with Crippen molar-refractivity contribution in [2.24, 2.45) is 0 Å². The molecule has 0 spiro atoms. The zero-order valence-electron chi connectivity index (χ0n) is 23.7. The quantitative estimate of drug-likeness (QED) is 0.267. The van der Waals surface area contributed by atoms with Crippen LogP contribution < -0.4 is 0 Å². The summed E-state index contributed by atoms with van der Waals surface area (Å²) in [4.78, 5) is 2.58. The number of methoxy groups -OCH3 is 1. The fraction of sp³-hybridized carbons (Fsp3) is 0.515. The molecule has 0 saturated carbocycles. The number of para-hydroxylation sites is 1. The van der Waals surface area contributed by atoms with E-state index in [1.54, 1.807) is 7.11 Å². The van der Waals surface area contributed by atoms with Gasteiger partial charge in [-0.15, -0.1) is 0 Å². The second-order valence-electron chi connectivity index (χ2n) is 10.2. The highest BCUT2D eigenvalue weighted by atomic mass is 16.5. The van der Waals surface area contributed by atoms with Gasteiger partial charge in [-0.25, -0.2) is 0 Å². The van der Waals surface area contributed by atoms with Gasteiger partial charge in [-0.2, -0.15) is 0 Å². The number of benzene rings is 2. The molecule has 1 fully saturated rings. The lowest BCUT2D eigenvalue weighted by Crippen LogP contribution is -2.34. The van der Waals surface area contributed by atoms with Gasteiger partial charge in [-0.1, -0.05) is 68.5 Å². The number of fused-ring (bicyclic) bond motifs is 1. The normalized spacial score (nSPS) is 15.6. The summed E-state index contributed by atoms with van der Waals surface area (Å²) < 4.78 is 8.01. The van der Waals surface area contributed by atoms with E-state index < -0.39 is 0 Å². The SMILES string of the molecule is C=C(CCCc1ccc(C)cc1)N1CCCC(c2c(C)c3cccc(C)c3n2CCCOC)C1.CC. The summed E-state index contributed by atoms with van der Waals surface area (Å²) >= 11 is 0. The molecule has 1 atom stereocenters. The second-order valence-corrected chi connectivity index (χ2v) is 10.2. The number of likely N-dealkylation sites (tertiary alicyclic amines) is 1. The summed E-state index contributed by atoms with van der Waals surface area (Å²) in [6, 6.07) is 15.7. The van der Waals surface area contributed by atoms with E-state index in [9.17, 15) is 0 Å². The van der Waals surface area contributed by atoms with Crippen LogP contribution in [-0.2, 0) is 17.7 Å². The third-order valence-corrected chi connectivity index (χ3v) is 7.62. The van der Waals surface area contributed by atoms with Crippen molar-refractivity contribution >= 4 is 10.9 Å². The molecule has 1 saturated heterocycles. The maximum Gasteiger partial charge on any atom is 0.0515 e. The maximum absolute atomic E-state index is 5.39. The molecule has 3 nitrogen and oxygen atoms in total. The molecule has 2 heterocycles. The third-order valence-electron chi connectivity index (χ3n) is 7.62. The first kappa shape index (κ1) is 28.1. The number of aryl methyl sites for hydroxylation is 5. The van der Waals surface area contributed by atoms with Crippen LogP contribution >= 0.6 is 0 Å². The predicted octanol–water partition coefficient (Wildman–Crippen LogP) is 8.35. The molecule has 3 heteroatoms. The highest BCUT2D eigenvalue weighted by Crippen LogP contribution is 2.37. The Morgan fingerprint density at radius 1 is 1.03 bits per heavy atom. The molecule has 196 valence electrons. The number of ether oxygens (including phenoxy) is 1. The number of piperidine rings is 1. The van der Waals surface area contributed by atoms with Crippen LogP contribution in [0.5, 0.6) is 0 Å². The van der Waals surface area contributed by atoms with Crippen molar-refractivity contribution in [2.75, 3.05) is 26.8 Å². The van der Waals surface area contributed by atoms with Crippen LogP contribution in [0.2, 0.25) is 0 Å². The van der Waals surface area contributed by atoms with E-state index in [1.165, 1.54) is 63.8 Å². The molecule has 1 aliphatic heterocycles. The number of allylic oxidation sites excluding steroid dienone is 1. The highest BCUT2D eigenvalue weighted by Gasteiger charge is 2.28. The lowest BCUT2D eigenvalue weighted by molar-refractivity contribution is 0.189. The van der Waals surface area contributed by atoms with Crippen molar-refractivity contribution in [3.05, 3.63) is 82.7 Å². The first-order valence-corrected chi connectivity index (χ1v) is 14.0. The summed E-state index contributed by atoms with van der Waals surface area (Å²) in [5.74, 6) is 0.553. The van der Waals surface area contributed by atoms with Crippen molar-refractivity contribution in [3.8, 4) is 0 Å². The Kier molecular flexibility index (Phi) is 10.7. The first-order valence-electron chi connectivity index (χ1n) is 14.0. The van der Waals surface area contributed by atoms with E-state index >= 15 is 0 Å². The van der Waals surface area contributed by atoms with E-state index in [0.29, 0.717) is 5.92 Å². The summed E-state index contributed by atoms with van der Waals surface area (Å²) in [7, 11) is 1.80. The minimum Gasteiger partial charge on any atom is -0.385 e. The zero-order chi connectivity index (χ0) is 26.1. The topological polar surface area (TPSA) is 17.4 Å². The average Bonchev–Trinajstić information content (AvgIpc) is 3.19. The lowest BCUT2D eigenvalue weighted by atomic mass is 9.91. The monoisotopic (exact) mass is 488 g/mol. The summed E-state index contributed by atoms with van der Waals surface area (Å²) in [6.45, 7) is 19.3.